The Morgan fingerprint density at radius 1 is 1.10 bits per heavy atom. The van der Waals surface area contributed by atoms with Crippen LogP contribution in [0.15, 0.2) is 59.3 Å². The van der Waals surface area contributed by atoms with E-state index >= 15 is 0 Å². The van der Waals surface area contributed by atoms with E-state index in [0.717, 1.165) is 5.56 Å². The molecule has 0 saturated carbocycles. The maximum Gasteiger partial charge on any atom is 0.251 e. The van der Waals surface area contributed by atoms with Crippen LogP contribution in [0, 0.1) is 0 Å². The van der Waals surface area contributed by atoms with Crippen molar-refractivity contribution in [2.45, 2.75) is 6.54 Å². The summed E-state index contributed by atoms with van der Waals surface area (Å²) in [5, 5.41) is 10.6. The Morgan fingerprint density at radius 3 is 2.71 bits per heavy atom. The number of benzene rings is 1. The molecule has 6 nitrogen and oxygen atoms in total. The first kappa shape index (κ1) is 13.0. The summed E-state index contributed by atoms with van der Waals surface area (Å²) in [6.45, 7) is 0.182. The van der Waals surface area contributed by atoms with E-state index < -0.39 is 0 Å². The summed E-state index contributed by atoms with van der Waals surface area (Å²) in [6.07, 6.45) is 3.31. The van der Waals surface area contributed by atoms with Crippen LogP contribution in [0.1, 0.15) is 16.2 Å². The molecule has 0 radical (unpaired) electrons. The first-order chi connectivity index (χ1) is 10.3. The highest BCUT2D eigenvalue weighted by Gasteiger charge is 2.10. The molecule has 0 bridgehead atoms. The van der Waals surface area contributed by atoms with Gasteiger partial charge >= 0.3 is 0 Å². The molecule has 3 aromatic rings. The third-order valence-electron chi connectivity index (χ3n) is 2.81. The number of nitrogens with one attached hydrogen (secondary N) is 1. The number of hydrogen-bond acceptors (Lipinski definition) is 5. The summed E-state index contributed by atoms with van der Waals surface area (Å²) in [6, 6.07) is 12.6. The van der Waals surface area contributed by atoms with Crippen molar-refractivity contribution in [3.05, 3.63) is 66.3 Å². The molecule has 0 aliphatic carbocycles. The number of aromatic nitrogens is 3. The highest BCUT2D eigenvalue weighted by Crippen LogP contribution is 2.15. The smallest absolute Gasteiger partial charge is 0.251 e. The normalized spacial score (nSPS) is 10.3. The van der Waals surface area contributed by atoms with Gasteiger partial charge < -0.3 is 9.73 Å². The summed E-state index contributed by atoms with van der Waals surface area (Å²) in [4.78, 5) is 15.9. The van der Waals surface area contributed by atoms with Crippen LogP contribution >= 0.6 is 0 Å². The van der Waals surface area contributed by atoms with Gasteiger partial charge in [-0.05, 0) is 24.3 Å². The summed E-state index contributed by atoms with van der Waals surface area (Å²) in [5.41, 5.74) is 1.33. The Labute approximate surface area is 120 Å². The monoisotopic (exact) mass is 280 g/mol. The van der Waals surface area contributed by atoms with Gasteiger partial charge in [0.05, 0.1) is 12.1 Å². The minimum Gasteiger partial charge on any atom is -0.419 e. The minimum atomic E-state index is -0.184. The maximum absolute atomic E-state index is 11.9. The molecule has 0 spiro atoms. The van der Waals surface area contributed by atoms with E-state index in [0.29, 0.717) is 17.3 Å². The van der Waals surface area contributed by atoms with Gasteiger partial charge in [-0.2, -0.15) is 0 Å². The van der Waals surface area contributed by atoms with E-state index in [4.69, 9.17) is 4.42 Å². The minimum absolute atomic E-state index is 0.182. The summed E-state index contributed by atoms with van der Waals surface area (Å²) in [7, 11) is 0. The lowest BCUT2D eigenvalue weighted by Crippen LogP contribution is -2.22. The van der Waals surface area contributed by atoms with Gasteiger partial charge in [-0.1, -0.05) is 18.2 Å². The van der Waals surface area contributed by atoms with E-state index in [1.54, 1.807) is 30.6 Å². The molecule has 1 amide bonds. The molecule has 6 heteroatoms. The molecule has 0 saturated heterocycles. The second-order valence-electron chi connectivity index (χ2n) is 4.29. The largest absolute Gasteiger partial charge is 0.419 e. The fraction of sp³-hybridized carbons (Fsp3) is 0.0667. The summed E-state index contributed by atoms with van der Waals surface area (Å²) in [5.74, 6) is 0.543. The van der Waals surface area contributed by atoms with Gasteiger partial charge in [-0.25, -0.2) is 0 Å². The van der Waals surface area contributed by atoms with Gasteiger partial charge in [-0.3, -0.25) is 9.78 Å². The lowest BCUT2D eigenvalue weighted by Gasteiger charge is -2.01. The van der Waals surface area contributed by atoms with Gasteiger partial charge in [0.2, 0.25) is 11.8 Å². The molecule has 104 valence electrons. The average Bonchev–Trinajstić information content (AvgIpc) is 3.03. The number of carbonyl (C=O) groups excluding carboxylic acids is 1. The van der Waals surface area contributed by atoms with Gasteiger partial charge in [0.1, 0.15) is 0 Å². The molecule has 0 fully saturated rings. The first-order valence-corrected chi connectivity index (χ1v) is 6.39. The van der Waals surface area contributed by atoms with E-state index in [1.807, 2.05) is 24.3 Å². The van der Waals surface area contributed by atoms with Crippen LogP contribution < -0.4 is 5.32 Å². The number of hydrogen-bond donors (Lipinski definition) is 1. The first-order valence-electron chi connectivity index (χ1n) is 6.39. The van der Waals surface area contributed by atoms with Crippen LogP contribution in [0.5, 0.6) is 0 Å². The zero-order valence-electron chi connectivity index (χ0n) is 11.1. The molecular weight excluding hydrogens is 268 g/mol. The van der Waals surface area contributed by atoms with E-state index in [1.165, 1.54) is 0 Å². The fourth-order valence-corrected chi connectivity index (χ4v) is 1.78. The van der Waals surface area contributed by atoms with Crippen LogP contribution in [-0.2, 0) is 6.54 Å². The van der Waals surface area contributed by atoms with Gasteiger partial charge in [0.25, 0.3) is 5.91 Å². The Kier molecular flexibility index (Phi) is 3.68. The summed E-state index contributed by atoms with van der Waals surface area (Å²) >= 11 is 0. The van der Waals surface area contributed by atoms with Crippen molar-refractivity contribution in [3.8, 4) is 11.5 Å². The van der Waals surface area contributed by atoms with Crippen LogP contribution in [0.4, 0.5) is 0 Å². The van der Waals surface area contributed by atoms with Crippen molar-refractivity contribution < 1.29 is 9.21 Å². The molecule has 0 unspecified atom stereocenters. The van der Waals surface area contributed by atoms with E-state index in [9.17, 15) is 4.79 Å². The molecule has 0 aliphatic rings. The van der Waals surface area contributed by atoms with Crippen molar-refractivity contribution in [3.63, 3.8) is 0 Å². The van der Waals surface area contributed by atoms with Crippen molar-refractivity contribution >= 4 is 5.91 Å². The van der Waals surface area contributed by atoms with Crippen LogP contribution in [0.2, 0.25) is 0 Å². The topological polar surface area (TPSA) is 80.9 Å². The Hall–Kier alpha value is -3.02. The second kappa shape index (κ2) is 5.96. The number of amides is 1. The van der Waals surface area contributed by atoms with Crippen LogP contribution in [-0.4, -0.2) is 21.1 Å². The number of rotatable bonds is 4. The van der Waals surface area contributed by atoms with Gasteiger partial charge in [0.15, 0.2) is 0 Å². The van der Waals surface area contributed by atoms with Crippen molar-refractivity contribution in [2.75, 3.05) is 0 Å². The third-order valence-corrected chi connectivity index (χ3v) is 2.81. The maximum atomic E-state index is 11.9. The molecule has 2 heterocycles. The van der Waals surface area contributed by atoms with Crippen LogP contribution in [0.3, 0.4) is 0 Å². The second-order valence-corrected chi connectivity index (χ2v) is 4.29. The molecule has 0 atom stereocenters. The Morgan fingerprint density at radius 2 is 1.95 bits per heavy atom. The molecule has 21 heavy (non-hydrogen) atoms. The van der Waals surface area contributed by atoms with Crippen molar-refractivity contribution in [1.29, 1.82) is 0 Å². The zero-order valence-corrected chi connectivity index (χ0v) is 11.1. The molecule has 0 aliphatic heterocycles. The van der Waals surface area contributed by atoms with Gasteiger partial charge in [-0.15, -0.1) is 10.2 Å². The highest BCUT2D eigenvalue weighted by molar-refractivity contribution is 5.93. The summed E-state index contributed by atoms with van der Waals surface area (Å²) < 4.78 is 5.48. The number of nitrogens with zero attached hydrogens (tertiary/aromatic N) is 3. The quantitative estimate of drug-likeness (QED) is 0.791. The number of pyridine rings is 1. The van der Waals surface area contributed by atoms with Crippen molar-refractivity contribution in [2.24, 2.45) is 0 Å². The third kappa shape index (κ3) is 3.11. The molecular formula is C15H12N4O2. The predicted octanol–water partition coefficient (Wildman–Crippen LogP) is 2.06. The average molecular weight is 280 g/mol. The van der Waals surface area contributed by atoms with Gasteiger partial charge in [0, 0.05) is 18.0 Å². The predicted molar refractivity (Wildman–Crippen MR) is 75.1 cm³/mol. The molecule has 2 aromatic heterocycles. The molecule has 1 aromatic carbocycles. The molecule has 3 rings (SSSR count). The molecule has 1 N–H and O–H groups in total. The standard InChI is InChI=1S/C15H12N4O2/c20-14(11-5-2-1-3-6-11)17-10-13-18-19-15(21-13)12-7-4-8-16-9-12/h1-9H,10H2,(H,17,20). The SMILES string of the molecule is O=C(NCc1nnc(-c2cccnc2)o1)c1ccccc1. The lowest BCUT2D eigenvalue weighted by atomic mass is 10.2. The highest BCUT2D eigenvalue weighted by atomic mass is 16.4. The lowest BCUT2D eigenvalue weighted by molar-refractivity contribution is 0.0947. The van der Waals surface area contributed by atoms with E-state index in [2.05, 4.69) is 20.5 Å². The fourth-order valence-electron chi connectivity index (χ4n) is 1.78. The Balaban J connectivity index is 1.64. The van der Waals surface area contributed by atoms with E-state index in [-0.39, 0.29) is 12.5 Å². The Bertz CT molecular complexity index is 726. The van der Waals surface area contributed by atoms with Crippen molar-refractivity contribution in [1.82, 2.24) is 20.5 Å². The number of carbonyl (C=O) groups is 1. The van der Waals surface area contributed by atoms with Crippen LogP contribution in [0.25, 0.3) is 11.5 Å². The zero-order chi connectivity index (χ0) is 14.5.